The summed E-state index contributed by atoms with van der Waals surface area (Å²) in [6, 6.07) is 14.8. The predicted octanol–water partition coefficient (Wildman–Crippen LogP) is 4.50. The van der Waals surface area contributed by atoms with Gasteiger partial charge in [-0.05, 0) is 47.9 Å². The molecule has 9 heteroatoms. The zero-order chi connectivity index (χ0) is 24.9. The summed E-state index contributed by atoms with van der Waals surface area (Å²) in [7, 11) is -3.85. The summed E-state index contributed by atoms with van der Waals surface area (Å²) in [6.45, 7) is 4.40. The van der Waals surface area contributed by atoms with E-state index >= 15 is 0 Å². The van der Waals surface area contributed by atoms with E-state index in [9.17, 15) is 8.42 Å². The van der Waals surface area contributed by atoms with Crippen molar-refractivity contribution < 1.29 is 8.42 Å². The second-order valence-corrected chi connectivity index (χ2v) is 11.0. The third kappa shape index (κ3) is 4.00. The van der Waals surface area contributed by atoms with Crippen molar-refractivity contribution in [1.29, 1.82) is 0 Å². The Morgan fingerprint density at radius 2 is 1.61 bits per heavy atom. The molecular weight excluding hydrogens is 472 g/mol. The van der Waals surface area contributed by atoms with Gasteiger partial charge in [0, 0.05) is 53.8 Å². The molecule has 1 aliphatic rings. The highest BCUT2D eigenvalue weighted by atomic mass is 32.2. The first-order chi connectivity index (χ1) is 17.4. The highest BCUT2D eigenvalue weighted by molar-refractivity contribution is 7.89. The summed E-state index contributed by atoms with van der Waals surface area (Å²) in [4.78, 5) is 11.9. The first-order valence-electron chi connectivity index (χ1n) is 12.0. The second kappa shape index (κ2) is 8.69. The van der Waals surface area contributed by atoms with Gasteiger partial charge < -0.3 is 4.90 Å². The average Bonchev–Trinajstić information content (AvgIpc) is 3.31. The van der Waals surface area contributed by atoms with Crippen LogP contribution in [0.4, 0.5) is 5.82 Å². The Morgan fingerprint density at radius 1 is 0.861 bits per heavy atom. The van der Waals surface area contributed by atoms with Crippen molar-refractivity contribution >= 4 is 32.3 Å². The fourth-order valence-corrected chi connectivity index (χ4v) is 5.69. The van der Waals surface area contributed by atoms with Gasteiger partial charge in [0.25, 0.3) is 0 Å². The van der Waals surface area contributed by atoms with Gasteiger partial charge in [0.1, 0.15) is 5.82 Å². The minimum atomic E-state index is -3.85. The minimum Gasteiger partial charge on any atom is -0.357 e. The minimum absolute atomic E-state index is 0.101. The Kier molecular flexibility index (Phi) is 5.46. The lowest BCUT2D eigenvalue weighted by Gasteiger charge is -2.31. The van der Waals surface area contributed by atoms with E-state index in [2.05, 4.69) is 29.1 Å². The number of nitrogens with two attached hydrogens (primary N) is 1. The molecule has 8 nitrogen and oxygen atoms in total. The van der Waals surface area contributed by atoms with Gasteiger partial charge >= 0.3 is 0 Å². The maximum Gasteiger partial charge on any atom is 0.238 e. The van der Waals surface area contributed by atoms with Crippen molar-refractivity contribution in [3.05, 3.63) is 73.3 Å². The van der Waals surface area contributed by atoms with Crippen LogP contribution in [0.1, 0.15) is 19.8 Å². The van der Waals surface area contributed by atoms with Crippen molar-refractivity contribution in [2.24, 2.45) is 11.1 Å². The molecule has 1 saturated heterocycles. The summed E-state index contributed by atoms with van der Waals surface area (Å²) in [5.41, 5.74) is 4.22. The lowest BCUT2D eigenvalue weighted by Crippen LogP contribution is -2.33. The number of aromatic nitrogens is 4. The van der Waals surface area contributed by atoms with Crippen molar-refractivity contribution in [3.8, 4) is 22.3 Å². The van der Waals surface area contributed by atoms with Gasteiger partial charge in [0.15, 0.2) is 5.65 Å². The first kappa shape index (κ1) is 22.6. The Morgan fingerprint density at radius 3 is 2.33 bits per heavy atom. The topological polar surface area (TPSA) is 106 Å². The zero-order valence-electron chi connectivity index (χ0n) is 19.9. The molecule has 2 N–H and O–H groups in total. The van der Waals surface area contributed by atoms with Gasteiger partial charge in [0.05, 0.1) is 11.1 Å². The summed E-state index contributed by atoms with van der Waals surface area (Å²) in [6.07, 6.45) is 9.80. The monoisotopic (exact) mass is 498 g/mol. The van der Waals surface area contributed by atoms with Crippen molar-refractivity contribution in [2.45, 2.75) is 24.7 Å². The number of benzene rings is 2. The highest BCUT2D eigenvalue weighted by Crippen LogP contribution is 2.34. The van der Waals surface area contributed by atoms with Crippen LogP contribution in [-0.2, 0) is 10.0 Å². The third-order valence-corrected chi connectivity index (χ3v) is 8.00. The molecule has 4 heterocycles. The van der Waals surface area contributed by atoms with Gasteiger partial charge in [-0.25, -0.2) is 28.0 Å². The van der Waals surface area contributed by atoms with E-state index in [4.69, 9.17) is 15.1 Å². The van der Waals surface area contributed by atoms with Crippen molar-refractivity contribution in [2.75, 3.05) is 18.0 Å². The van der Waals surface area contributed by atoms with Crippen LogP contribution in [0.15, 0.2) is 78.2 Å². The summed E-state index contributed by atoms with van der Waals surface area (Å²) < 4.78 is 25.9. The molecule has 0 saturated carbocycles. The molecule has 2 aromatic carbocycles. The van der Waals surface area contributed by atoms with Crippen LogP contribution in [0.3, 0.4) is 0 Å². The summed E-state index contributed by atoms with van der Waals surface area (Å²) >= 11 is 0. The molecule has 1 aliphatic heterocycles. The van der Waals surface area contributed by atoms with E-state index in [0.717, 1.165) is 52.5 Å². The van der Waals surface area contributed by atoms with Gasteiger partial charge in [0.2, 0.25) is 10.0 Å². The normalized spacial score (nSPS) is 15.1. The number of fused-ring (bicyclic) bond motifs is 2. The van der Waals surface area contributed by atoms with Crippen LogP contribution in [0.25, 0.3) is 38.7 Å². The van der Waals surface area contributed by atoms with Crippen molar-refractivity contribution in [1.82, 2.24) is 19.6 Å². The van der Waals surface area contributed by atoms with E-state index in [1.165, 1.54) is 12.8 Å². The van der Waals surface area contributed by atoms with Crippen molar-refractivity contribution in [3.63, 3.8) is 0 Å². The lowest BCUT2D eigenvalue weighted by atomic mass is 9.99. The maximum atomic E-state index is 12.1. The quantitative estimate of drug-likeness (QED) is 0.391. The van der Waals surface area contributed by atoms with Crippen LogP contribution in [0.5, 0.6) is 0 Å². The smallest absolute Gasteiger partial charge is 0.238 e. The number of rotatable bonds is 4. The SMILES string of the molecule is CC1CCN(c2ccc(-c3cnc4c(-c5ccc(S(N)(=O)=O)c6ccccc56)cnn4c3)cn2)CC1. The second-order valence-electron chi connectivity index (χ2n) is 9.45. The fraction of sp³-hybridized carbons (Fsp3) is 0.222. The zero-order valence-corrected chi connectivity index (χ0v) is 20.7. The Bertz CT molecular complexity index is 1690. The molecule has 0 radical (unpaired) electrons. The molecule has 0 spiro atoms. The van der Waals surface area contributed by atoms with Gasteiger partial charge in [-0.2, -0.15) is 5.10 Å². The van der Waals surface area contributed by atoms with Gasteiger partial charge in [-0.15, -0.1) is 0 Å². The lowest BCUT2D eigenvalue weighted by molar-refractivity contribution is 0.436. The van der Waals surface area contributed by atoms with E-state index in [-0.39, 0.29) is 4.90 Å². The molecule has 0 unspecified atom stereocenters. The molecule has 3 aromatic heterocycles. The molecule has 6 rings (SSSR count). The number of piperidine rings is 1. The van der Waals surface area contributed by atoms with Crippen LogP contribution >= 0.6 is 0 Å². The molecule has 36 heavy (non-hydrogen) atoms. The van der Waals surface area contributed by atoms with Gasteiger partial charge in [-0.3, -0.25) is 0 Å². The summed E-state index contributed by atoms with van der Waals surface area (Å²) in [5.74, 6) is 1.79. The van der Waals surface area contributed by atoms with Crippen LogP contribution in [-0.4, -0.2) is 41.1 Å². The van der Waals surface area contributed by atoms with E-state index in [0.29, 0.717) is 11.0 Å². The number of hydrogen-bond acceptors (Lipinski definition) is 6. The number of sulfonamides is 1. The molecule has 1 fully saturated rings. The number of hydrogen-bond donors (Lipinski definition) is 1. The Labute approximate surface area is 209 Å². The Balaban J connectivity index is 1.35. The van der Waals surface area contributed by atoms with Crippen LogP contribution in [0.2, 0.25) is 0 Å². The van der Waals surface area contributed by atoms with E-state index < -0.39 is 10.0 Å². The maximum absolute atomic E-state index is 12.1. The molecular formula is C27H26N6O2S. The Hall–Kier alpha value is -3.82. The largest absolute Gasteiger partial charge is 0.357 e. The predicted molar refractivity (Wildman–Crippen MR) is 141 cm³/mol. The molecule has 0 atom stereocenters. The van der Waals surface area contributed by atoms with Crippen LogP contribution in [0, 0.1) is 5.92 Å². The molecule has 0 aliphatic carbocycles. The van der Waals surface area contributed by atoms with Crippen LogP contribution < -0.4 is 10.0 Å². The molecule has 0 bridgehead atoms. The van der Waals surface area contributed by atoms with E-state index in [1.807, 2.05) is 30.7 Å². The van der Waals surface area contributed by atoms with Gasteiger partial charge in [-0.1, -0.05) is 37.3 Å². The highest BCUT2D eigenvalue weighted by Gasteiger charge is 2.19. The number of primary sulfonamides is 1. The standard InChI is InChI=1S/C27H26N6O2S/c1-18-10-12-32(13-11-18)26-9-6-19(14-29-26)20-15-30-27-24(16-31-33(27)17-20)22-7-8-25(36(28,34)35)23-5-3-2-4-21(22)23/h2-9,14-18H,10-13H2,1H3,(H2,28,34,35). The number of anilines is 1. The summed E-state index contributed by atoms with van der Waals surface area (Å²) in [5, 5.41) is 11.3. The average molecular weight is 499 g/mol. The van der Waals surface area contributed by atoms with E-state index in [1.54, 1.807) is 35.0 Å². The first-order valence-corrected chi connectivity index (χ1v) is 13.5. The number of nitrogens with zero attached hydrogens (tertiary/aromatic N) is 5. The molecule has 0 amide bonds. The third-order valence-electron chi connectivity index (χ3n) is 7.03. The fourth-order valence-electron chi connectivity index (χ4n) is 4.95. The number of pyridine rings is 1. The molecule has 5 aromatic rings. The molecule has 182 valence electrons.